The Labute approximate surface area is 174 Å². The van der Waals surface area contributed by atoms with Crippen LogP contribution in [0.4, 0.5) is 23.7 Å². The minimum absolute atomic E-state index is 0.143. The van der Waals surface area contributed by atoms with Crippen LogP contribution in [0.1, 0.15) is 23.7 Å². The SMILES string of the molecule is CN(C)CCN(C)C(=O)N1CCC(c2ccccc2)Oc2ccc(C(F)(F)F)cc21. The van der Waals surface area contributed by atoms with Crippen LogP contribution in [0.15, 0.2) is 48.5 Å². The normalized spacial score (nSPS) is 16.6. The van der Waals surface area contributed by atoms with Crippen molar-refractivity contribution in [3.05, 3.63) is 59.7 Å². The number of fused-ring (bicyclic) bond motifs is 1. The quantitative estimate of drug-likeness (QED) is 0.721. The number of anilines is 1. The highest BCUT2D eigenvalue weighted by Gasteiger charge is 2.35. The van der Waals surface area contributed by atoms with Gasteiger partial charge in [0.25, 0.3) is 0 Å². The fourth-order valence-corrected chi connectivity index (χ4v) is 3.34. The van der Waals surface area contributed by atoms with Crippen LogP contribution in [0.2, 0.25) is 0 Å². The van der Waals surface area contributed by atoms with Crippen molar-refractivity contribution in [2.45, 2.75) is 18.7 Å². The van der Waals surface area contributed by atoms with Gasteiger partial charge in [-0.25, -0.2) is 4.79 Å². The van der Waals surface area contributed by atoms with E-state index in [1.54, 1.807) is 7.05 Å². The van der Waals surface area contributed by atoms with Crippen LogP contribution in [0.25, 0.3) is 0 Å². The largest absolute Gasteiger partial charge is 0.483 e. The number of halogens is 3. The van der Waals surface area contributed by atoms with Gasteiger partial charge in [0.15, 0.2) is 0 Å². The Morgan fingerprint density at radius 2 is 1.80 bits per heavy atom. The summed E-state index contributed by atoms with van der Waals surface area (Å²) in [6.45, 7) is 1.35. The third-order valence-corrected chi connectivity index (χ3v) is 5.07. The van der Waals surface area contributed by atoms with Crippen LogP contribution in [-0.2, 0) is 6.18 Å². The Balaban J connectivity index is 1.96. The lowest BCUT2D eigenvalue weighted by Crippen LogP contribution is -2.44. The highest BCUT2D eigenvalue weighted by Crippen LogP contribution is 2.41. The van der Waals surface area contributed by atoms with Gasteiger partial charge in [-0.05, 0) is 37.9 Å². The number of likely N-dealkylation sites (N-methyl/N-ethyl adjacent to an activating group) is 2. The summed E-state index contributed by atoms with van der Waals surface area (Å²) in [5, 5.41) is 0. The van der Waals surface area contributed by atoms with Crippen molar-refractivity contribution in [3.8, 4) is 5.75 Å². The lowest BCUT2D eigenvalue weighted by atomic mass is 10.1. The minimum atomic E-state index is -4.51. The van der Waals surface area contributed by atoms with Gasteiger partial charge in [0, 0.05) is 33.1 Å². The van der Waals surface area contributed by atoms with E-state index in [1.165, 1.54) is 15.9 Å². The number of alkyl halides is 3. The molecule has 0 bridgehead atoms. The fraction of sp³-hybridized carbons (Fsp3) is 0.409. The molecular weight excluding hydrogens is 395 g/mol. The summed E-state index contributed by atoms with van der Waals surface area (Å²) in [6.07, 6.45) is -4.40. The summed E-state index contributed by atoms with van der Waals surface area (Å²) in [6, 6.07) is 12.4. The summed E-state index contributed by atoms with van der Waals surface area (Å²) in [7, 11) is 5.44. The molecule has 0 spiro atoms. The second kappa shape index (κ2) is 8.95. The average molecular weight is 421 g/mol. The van der Waals surface area contributed by atoms with Crippen LogP contribution in [0, 0.1) is 0 Å². The van der Waals surface area contributed by atoms with Crippen molar-refractivity contribution in [3.63, 3.8) is 0 Å². The number of carbonyl (C=O) groups is 1. The zero-order chi connectivity index (χ0) is 21.9. The molecule has 5 nitrogen and oxygen atoms in total. The highest BCUT2D eigenvalue weighted by molar-refractivity contribution is 5.93. The van der Waals surface area contributed by atoms with E-state index in [0.717, 1.165) is 17.7 Å². The second-order valence-corrected chi connectivity index (χ2v) is 7.65. The first kappa shape index (κ1) is 22.0. The lowest BCUT2D eigenvalue weighted by Gasteiger charge is -2.28. The molecule has 162 valence electrons. The van der Waals surface area contributed by atoms with E-state index in [-0.39, 0.29) is 30.1 Å². The van der Waals surface area contributed by atoms with E-state index in [9.17, 15) is 18.0 Å². The molecule has 1 unspecified atom stereocenters. The minimum Gasteiger partial charge on any atom is -0.483 e. The van der Waals surface area contributed by atoms with Gasteiger partial charge in [-0.3, -0.25) is 4.90 Å². The van der Waals surface area contributed by atoms with E-state index in [4.69, 9.17) is 4.74 Å². The number of urea groups is 1. The maximum absolute atomic E-state index is 13.3. The van der Waals surface area contributed by atoms with Crippen molar-refractivity contribution in [1.82, 2.24) is 9.80 Å². The van der Waals surface area contributed by atoms with E-state index in [0.29, 0.717) is 19.5 Å². The Kier molecular flexibility index (Phi) is 6.55. The maximum atomic E-state index is 13.3. The van der Waals surface area contributed by atoms with E-state index < -0.39 is 11.7 Å². The fourth-order valence-electron chi connectivity index (χ4n) is 3.34. The van der Waals surface area contributed by atoms with Crippen molar-refractivity contribution >= 4 is 11.7 Å². The number of ether oxygens (including phenoxy) is 1. The molecule has 30 heavy (non-hydrogen) atoms. The first-order valence-corrected chi connectivity index (χ1v) is 9.77. The Hall–Kier alpha value is -2.74. The monoisotopic (exact) mass is 421 g/mol. The molecule has 2 aromatic carbocycles. The van der Waals surface area contributed by atoms with Gasteiger partial charge in [0.1, 0.15) is 11.9 Å². The van der Waals surface area contributed by atoms with Crippen molar-refractivity contribution < 1.29 is 22.7 Å². The third-order valence-electron chi connectivity index (χ3n) is 5.07. The molecule has 0 saturated heterocycles. The molecule has 0 saturated carbocycles. The first-order chi connectivity index (χ1) is 14.2. The molecule has 0 radical (unpaired) electrons. The third kappa shape index (κ3) is 5.05. The number of benzene rings is 2. The number of amides is 2. The first-order valence-electron chi connectivity index (χ1n) is 9.77. The molecule has 3 rings (SSSR count). The standard InChI is InChI=1S/C22H26F3N3O2/c1-26(2)13-14-27(3)21(29)28-12-11-19(16-7-5-4-6-8-16)30-20-10-9-17(15-18(20)28)22(23,24)25/h4-10,15,19H,11-14H2,1-3H3. The molecule has 0 aromatic heterocycles. The Morgan fingerprint density at radius 1 is 1.10 bits per heavy atom. The van der Waals surface area contributed by atoms with Gasteiger partial charge >= 0.3 is 12.2 Å². The number of nitrogens with zero attached hydrogens (tertiary/aromatic N) is 3. The number of hydrogen-bond acceptors (Lipinski definition) is 3. The van der Waals surface area contributed by atoms with Crippen molar-refractivity contribution in [2.75, 3.05) is 45.7 Å². The van der Waals surface area contributed by atoms with Crippen LogP contribution in [0.5, 0.6) is 5.75 Å². The van der Waals surface area contributed by atoms with Gasteiger partial charge < -0.3 is 14.5 Å². The Morgan fingerprint density at radius 3 is 2.43 bits per heavy atom. The predicted molar refractivity (Wildman–Crippen MR) is 110 cm³/mol. The number of hydrogen-bond donors (Lipinski definition) is 0. The molecular formula is C22H26F3N3O2. The highest BCUT2D eigenvalue weighted by atomic mass is 19.4. The molecule has 1 aliphatic heterocycles. The molecule has 1 heterocycles. The zero-order valence-corrected chi connectivity index (χ0v) is 17.3. The van der Waals surface area contributed by atoms with Crippen LogP contribution in [-0.4, -0.2) is 56.6 Å². The van der Waals surface area contributed by atoms with Gasteiger partial charge in [-0.2, -0.15) is 13.2 Å². The van der Waals surface area contributed by atoms with Gasteiger partial charge in [0.2, 0.25) is 0 Å². The summed E-state index contributed by atoms with van der Waals surface area (Å²) in [4.78, 5) is 18.0. The van der Waals surface area contributed by atoms with Crippen LogP contribution < -0.4 is 9.64 Å². The molecule has 0 aliphatic carbocycles. The molecule has 0 N–H and O–H groups in total. The topological polar surface area (TPSA) is 36.0 Å². The molecule has 1 aliphatic rings. The van der Waals surface area contributed by atoms with Crippen molar-refractivity contribution in [1.29, 1.82) is 0 Å². The molecule has 0 fully saturated rings. The summed E-state index contributed by atoms with van der Waals surface area (Å²) >= 11 is 0. The van der Waals surface area contributed by atoms with Gasteiger partial charge in [-0.15, -0.1) is 0 Å². The van der Waals surface area contributed by atoms with Gasteiger partial charge in [-0.1, -0.05) is 30.3 Å². The van der Waals surface area contributed by atoms with E-state index in [2.05, 4.69) is 0 Å². The van der Waals surface area contributed by atoms with E-state index in [1.807, 2.05) is 49.3 Å². The van der Waals surface area contributed by atoms with Crippen molar-refractivity contribution in [2.24, 2.45) is 0 Å². The zero-order valence-electron chi connectivity index (χ0n) is 17.3. The molecule has 1 atom stereocenters. The lowest BCUT2D eigenvalue weighted by molar-refractivity contribution is -0.137. The predicted octanol–water partition coefficient (Wildman–Crippen LogP) is 4.65. The smallest absolute Gasteiger partial charge is 0.416 e. The number of carbonyl (C=O) groups excluding carboxylic acids is 1. The summed E-state index contributed by atoms with van der Waals surface area (Å²) in [5.74, 6) is 0.267. The second-order valence-electron chi connectivity index (χ2n) is 7.65. The number of rotatable bonds is 4. The summed E-state index contributed by atoms with van der Waals surface area (Å²) in [5.41, 5.74) is 0.250. The molecule has 2 amide bonds. The van der Waals surface area contributed by atoms with Crippen LogP contribution >= 0.6 is 0 Å². The van der Waals surface area contributed by atoms with Gasteiger partial charge in [0.05, 0.1) is 11.3 Å². The maximum Gasteiger partial charge on any atom is 0.416 e. The van der Waals surface area contributed by atoms with Crippen LogP contribution in [0.3, 0.4) is 0 Å². The average Bonchev–Trinajstić information content (AvgIpc) is 2.90. The molecule has 8 heteroatoms. The van der Waals surface area contributed by atoms with E-state index >= 15 is 0 Å². The summed E-state index contributed by atoms with van der Waals surface area (Å²) < 4.78 is 46.1. The Bertz CT molecular complexity index is 872. The molecule has 2 aromatic rings.